The number of allylic oxidation sites excluding steroid dienone is 8. The summed E-state index contributed by atoms with van der Waals surface area (Å²) in [6.07, 6.45) is 40.9. The van der Waals surface area contributed by atoms with Crippen molar-refractivity contribution in [1.29, 1.82) is 0 Å². The lowest BCUT2D eigenvalue weighted by Gasteiger charge is -2.20. The predicted octanol–water partition coefficient (Wildman–Crippen LogP) is 11.0. The van der Waals surface area contributed by atoms with E-state index in [0.717, 1.165) is 38.5 Å². The van der Waals surface area contributed by atoms with Crippen molar-refractivity contribution in [1.82, 2.24) is 0 Å². The number of hydrogen-bond acceptors (Lipinski definition) is 11. The van der Waals surface area contributed by atoms with Crippen LogP contribution in [0.5, 0.6) is 0 Å². The fourth-order valence-corrected chi connectivity index (χ4v) is 7.04. The maximum absolute atomic E-state index is 12.7. The number of carbonyl (C=O) groups is 2. The van der Waals surface area contributed by atoms with Gasteiger partial charge in [-0.3, -0.25) is 23.2 Å². The molecule has 62 heavy (non-hydrogen) atoms. The first-order valence-corrected chi connectivity index (χ1v) is 26.1. The van der Waals surface area contributed by atoms with E-state index in [0.29, 0.717) is 32.1 Å². The molecule has 0 fully saturated rings. The predicted molar refractivity (Wildman–Crippen MR) is 245 cm³/mol. The molecule has 0 saturated heterocycles. The zero-order valence-electron chi connectivity index (χ0n) is 37.8. The van der Waals surface area contributed by atoms with Crippen molar-refractivity contribution in [2.45, 2.75) is 193 Å². The van der Waals surface area contributed by atoms with Gasteiger partial charge in [-0.1, -0.05) is 152 Å². The molecule has 14 nitrogen and oxygen atoms in total. The van der Waals surface area contributed by atoms with Gasteiger partial charge in [0.15, 0.2) is 6.10 Å². The second-order valence-corrected chi connectivity index (χ2v) is 18.2. The van der Waals surface area contributed by atoms with E-state index in [1.165, 1.54) is 77.0 Å². The van der Waals surface area contributed by atoms with Gasteiger partial charge in [0.05, 0.1) is 25.9 Å². The molecule has 0 aliphatic heterocycles. The van der Waals surface area contributed by atoms with E-state index in [1.54, 1.807) is 6.08 Å². The molecule has 5 N–H and O–H groups in total. The highest BCUT2D eigenvalue weighted by Gasteiger charge is 2.28. The molecule has 0 heterocycles. The number of phosphoric ester groups is 2. The van der Waals surface area contributed by atoms with Gasteiger partial charge < -0.3 is 34.4 Å². The van der Waals surface area contributed by atoms with E-state index < -0.39 is 72.3 Å². The summed E-state index contributed by atoms with van der Waals surface area (Å²) < 4.78 is 47.7. The van der Waals surface area contributed by atoms with Gasteiger partial charge in [-0.15, -0.1) is 0 Å². The second-order valence-electron chi connectivity index (χ2n) is 15.5. The Labute approximate surface area is 373 Å². The Bertz CT molecular complexity index is 1340. The molecule has 0 amide bonds. The smallest absolute Gasteiger partial charge is 0.462 e. The highest BCUT2D eigenvalue weighted by molar-refractivity contribution is 7.47. The molecule has 1 unspecified atom stereocenters. The minimum absolute atomic E-state index is 0.0827. The molecule has 0 bridgehead atoms. The minimum atomic E-state index is -4.88. The van der Waals surface area contributed by atoms with E-state index in [2.05, 4.69) is 41.1 Å². The van der Waals surface area contributed by atoms with Crippen LogP contribution >= 0.6 is 15.6 Å². The number of phosphoric acid groups is 2. The van der Waals surface area contributed by atoms with Gasteiger partial charge in [-0.25, -0.2) is 9.13 Å². The van der Waals surface area contributed by atoms with E-state index in [9.17, 15) is 33.8 Å². The average molecular weight is 921 g/mol. The van der Waals surface area contributed by atoms with Crippen LogP contribution in [0.1, 0.15) is 174 Å². The quantitative estimate of drug-likeness (QED) is 0.0126. The third-order valence-electron chi connectivity index (χ3n) is 9.45. The fourth-order valence-electron chi connectivity index (χ4n) is 5.89. The first-order valence-electron chi connectivity index (χ1n) is 23.1. The third kappa shape index (κ3) is 44.4. The molecule has 0 spiro atoms. The maximum Gasteiger partial charge on any atom is 0.472 e. The maximum atomic E-state index is 12.7. The fraction of sp³-hybridized carbons (Fsp3) is 0.739. The van der Waals surface area contributed by atoms with Crippen LogP contribution in [-0.2, 0) is 41.8 Å². The first-order chi connectivity index (χ1) is 29.8. The van der Waals surface area contributed by atoms with Gasteiger partial charge in [-0.05, 0) is 70.6 Å². The molecule has 0 aromatic heterocycles. The molecule has 4 atom stereocenters. The van der Waals surface area contributed by atoms with Gasteiger partial charge in [0.25, 0.3) is 0 Å². The number of aliphatic hydroxyl groups is 2. The van der Waals surface area contributed by atoms with Crippen LogP contribution in [0.15, 0.2) is 60.8 Å². The van der Waals surface area contributed by atoms with Crippen LogP contribution in [0.25, 0.3) is 0 Å². The van der Waals surface area contributed by atoms with E-state index in [4.69, 9.17) is 23.8 Å². The van der Waals surface area contributed by atoms with Crippen molar-refractivity contribution < 1.29 is 66.7 Å². The monoisotopic (exact) mass is 921 g/mol. The summed E-state index contributed by atoms with van der Waals surface area (Å²) in [6.45, 7) is 1.58. The van der Waals surface area contributed by atoms with Crippen LogP contribution in [0.2, 0.25) is 0 Å². The van der Waals surface area contributed by atoms with Crippen LogP contribution in [0.4, 0.5) is 0 Å². The van der Waals surface area contributed by atoms with Crippen molar-refractivity contribution in [3.8, 4) is 0 Å². The number of rotatable bonds is 43. The summed E-state index contributed by atoms with van der Waals surface area (Å²) in [5, 5.41) is 19.8. The number of carbonyl (C=O) groups excluding carboxylic acids is 2. The van der Waals surface area contributed by atoms with Crippen LogP contribution in [0.3, 0.4) is 0 Å². The van der Waals surface area contributed by atoms with Gasteiger partial charge in [0, 0.05) is 12.8 Å². The Balaban J connectivity index is 4.63. The van der Waals surface area contributed by atoms with Crippen LogP contribution in [-0.4, -0.2) is 81.6 Å². The molecule has 16 heteroatoms. The van der Waals surface area contributed by atoms with Crippen molar-refractivity contribution in [2.75, 3.05) is 26.4 Å². The highest BCUT2D eigenvalue weighted by Crippen LogP contribution is 2.43. The number of esters is 2. The molecule has 0 aromatic carbocycles. The summed E-state index contributed by atoms with van der Waals surface area (Å²) in [6, 6.07) is 0. The van der Waals surface area contributed by atoms with Crippen molar-refractivity contribution >= 4 is 27.6 Å². The van der Waals surface area contributed by atoms with Crippen LogP contribution < -0.4 is 0 Å². The number of aliphatic hydroxyl groups excluding tert-OH is 2. The summed E-state index contributed by atoms with van der Waals surface area (Å²) in [4.78, 5) is 52.7. The lowest BCUT2D eigenvalue weighted by Crippen LogP contribution is -2.30. The van der Waals surface area contributed by atoms with E-state index in [-0.39, 0.29) is 12.8 Å². The summed E-state index contributed by atoms with van der Waals surface area (Å²) in [7, 11) is -9.72. The summed E-state index contributed by atoms with van der Waals surface area (Å²) >= 11 is 0. The van der Waals surface area contributed by atoms with E-state index >= 15 is 0 Å². The summed E-state index contributed by atoms with van der Waals surface area (Å²) in [5.41, 5.74) is 0. The Morgan fingerprint density at radius 3 is 1.69 bits per heavy atom. The normalized spacial score (nSPS) is 15.0. The molecular formula is C46H82O14P2. The number of unbranched alkanes of at least 4 members (excludes halogenated alkanes) is 17. The average Bonchev–Trinajstić information content (AvgIpc) is 3.23. The van der Waals surface area contributed by atoms with Gasteiger partial charge in [0.2, 0.25) is 0 Å². The summed E-state index contributed by atoms with van der Waals surface area (Å²) in [5.74, 6) is -1.14. The second kappa shape index (κ2) is 41.5. The van der Waals surface area contributed by atoms with Crippen molar-refractivity contribution in [3.63, 3.8) is 0 Å². The minimum Gasteiger partial charge on any atom is -0.462 e. The molecule has 0 aromatic rings. The van der Waals surface area contributed by atoms with Gasteiger partial charge >= 0.3 is 27.6 Å². The molecular weight excluding hydrogens is 838 g/mol. The van der Waals surface area contributed by atoms with Gasteiger partial charge in [-0.2, -0.15) is 0 Å². The lowest BCUT2D eigenvalue weighted by atomic mass is 10.1. The first kappa shape index (κ1) is 59.8. The Morgan fingerprint density at radius 1 is 0.532 bits per heavy atom. The number of hydrogen-bond donors (Lipinski definition) is 5. The Kier molecular flexibility index (Phi) is 40.0. The zero-order chi connectivity index (χ0) is 46.0. The molecule has 0 rings (SSSR count). The van der Waals surface area contributed by atoms with Gasteiger partial charge in [0.1, 0.15) is 12.7 Å². The zero-order valence-corrected chi connectivity index (χ0v) is 39.6. The molecule has 360 valence electrons. The van der Waals surface area contributed by atoms with Crippen LogP contribution in [0, 0.1) is 0 Å². The molecule has 0 radical (unpaired) electrons. The topological polar surface area (TPSA) is 216 Å². The standard InChI is InChI=1S/C46H82O14P2/c1-3-5-7-9-11-12-13-14-15-16-17-18-19-20-24-29-33-37-46(50)60-44(41-59-62(54,55)58-39-43(48)38-57-61(51,52)53)40-56-45(49)36-32-28-25-21-23-27-31-35-42(47)34-30-26-22-10-8-6-4-2/h14-15,21-22,25-27,30-31,34,42-44,47-48H,3-13,16-20,23-24,28-29,32-33,35-41H2,1-2H3,(H,54,55)(H2,51,52,53)/b15-14-,25-21+,26-22-,31-27-,34-30-/t42-,43+,44-/m1/s1. The SMILES string of the molecule is CCCCC/C=C\C=C/[C@@H](O)C/C=C\C/C=C/CCCC(=O)OC[C@H](COP(=O)(O)OC[C@@H](O)COP(=O)(O)O)OC(=O)CCCCCCCCC/C=C\CCCCCCCC. The molecule has 0 aliphatic rings. The number of ether oxygens (including phenoxy) is 2. The Morgan fingerprint density at radius 2 is 1.03 bits per heavy atom. The highest BCUT2D eigenvalue weighted by atomic mass is 31.2. The van der Waals surface area contributed by atoms with Crippen molar-refractivity contribution in [2.24, 2.45) is 0 Å². The molecule has 0 saturated carbocycles. The lowest BCUT2D eigenvalue weighted by molar-refractivity contribution is -0.161. The Hall–Kier alpha value is -2.22. The van der Waals surface area contributed by atoms with Crippen molar-refractivity contribution in [3.05, 3.63) is 60.8 Å². The molecule has 0 aliphatic carbocycles. The largest absolute Gasteiger partial charge is 0.472 e. The third-order valence-corrected chi connectivity index (χ3v) is 10.9. The van der Waals surface area contributed by atoms with E-state index in [1.807, 2.05) is 36.5 Å².